The van der Waals surface area contributed by atoms with E-state index in [1.807, 2.05) is 18.4 Å². The molecule has 0 fully saturated rings. The molecule has 1 aromatic carbocycles. The maximum absolute atomic E-state index is 11.6. The van der Waals surface area contributed by atoms with E-state index in [0.29, 0.717) is 30.2 Å². The maximum atomic E-state index is 11.6. The fourth-order valence-electron chi connectivity index (χ4n) is 1.72. The van der Waals surface area contributed by atoms with Gasteiger partial charge < -0.3 is 19.5 Å². The van der Waals surface area contributed by atoms with Crippen molar-refractivity contribution in [3.8, 4) is 17.2 Å². The SMILES string of the molecule is COc1cc(CNC(=O)CCSC)cc(OC)c1OC. The molecule has 0 aliphatic carbocycles. The summed E-state index contributed by atoms with van der Waals surface area (Å²) in [5.41, 5.74) is 0.900. The predicted octanol–water partition coefficient (Wildman–Crippen LogP) is 2.08. The second-order valence-electron chi connectivity index (χ2n) is 4.05. The first-order valence-corrected chi connectivity index (χ1v) is 7.60. The molecule has 0 unspecified atom stereocenters. The summed E-state index contributed by atoms with van der Waals surface area (Å²) in [6, 6.07) is 3.66. The number of benzene rings is 1. The van der Waals surface area contributed by atoms with Gasteiger partial charge in [-0.3, -0.25) is 4.79 Å². The number of hydrogen-bond donors (Lipinski definition) is 1. The summed E-state index contributed by atoms with van der Waals surface area (Å²) in [4.78, 5) is 11.6. The van der Waals surface area contributed by atoms with Crippen molar-refractivity contribution in [1.82, 2.24) is 5.32 Å². The van der Waals surface area contributed by atoms with Crippen LogP contribution >= 0.6 is 11.8 Å². The predicted molar refractivity (Wildman–Crippen MR) is 80.9 cm³/mol. The average molecular weight is 299 g/mol. The molecule has 1 aromatic rings. The summed E-state index contributed by atoms with van der Waals surface area (Å²) in [7, 11) is 4.69. The quantitative estimate of drug-likeness (QED) is 0.796. The first kappa shape index (κ1) is 16.5. The highest BCUT2D eigenvalue weighted by molar-refractivity contribution is 7.98. The molecule has 1 rings (SSSR count). The van der Waals surface area contributed by atoms with Crippen molar-refractivity contribution < 1.29 is 19.0 Å². The van der Waals surface area contributed by atoms with E-state index >= 15 is 0 Å². The third kappa shape index (κ3) is 4.52. The molecule has 1 amide bonds. The van der Waals surface area contributed by atoms with Crippen LogP contribution in [0.15, 0.2) is 12.1 Å². The third-order valence-corrected chi connectivity index (χ3v) is 3.36. The van der Waals surface area contributed by atoms with Gasteiger partial charge in [-0.25, -0.2) is 0 Å². The topological polar surface area (TPSA) is 56.8 Å². The standard InChI is InChI=1S/C14H21NO4S/c1-17-11-7-10(8-12(18-2)14(11)19-3)9-15-13(16)5-6-20-4/h7-8H,5-6,9H2,1-4H3,(H,15,16). The zero-order chi connectivity index (χ0) is 15.0. The molecule has 0 saturated carbocycles. The number of ether oxygens (including phenoxy) is 3. The van der Waals surface area contributed by atoms with E-state index in [0.717, 1.165) is 11.3 Å². The third-order valence-electron chi connectivity index (χ3n) is 2.75. The number of carbonyl (C=O) groups excluding carboxylic acids is 1. The molecule has 20 heavy (non-hydrogen) atoms. The molecule has 0 aliphatic rings. The minimum absolute atomic E-state index is 0.0353. The molecule has 0 bridgehead atoms. The van der Waals surface area contributed by atoms with Crippen LogP contribution in [0, 0.1) is 0 Å². The Labute approximate surface area is 124 Å². The largest absolute Gasteiger partial charge is 0.493 e. The number of hydrogen-bond acceptors (Lipinski definition) is 5. The molecular formula is C14H21NO4S. The van der Waals surface area contributed by atoms with Crippen LogP contribution in [-0.2, 0) is 11.3 Å². The van der Waals surface area contributed by atoms with Crippen molar-refractivity contribution in [2.45, 2.75) is 13.0 Å². The fourth-order valence-corrected chi connectivity index (χ4v) is 2.11. The van der Waals surface area contributed by atoms with Crippen LogP contribution < -0.4 is 19.5 Å². The monoisotopic (exact) mass is 299 g/mol. The fraction of sp³-hybridized carbons (Fsp3) is 0.500. The Morgan fingerprint density at radius 1 is 1.15 bits per heavy atom. The van der Waals surface area contributed by atoms with Crippen LogP contribution in [0.1, 0.15) is 12.0 Å². The van der Waals surface area contributed by atoms with Crippen molar-refractivity contribution >= 4 is 17.7 Å². The Hall–Kier alpha value is -1.56. The molecule has 6 heteroatoms. The molecule has 0 saturated heterocycles. The van der Waals surface area contributed by atoms with Crippen molar-refractivity contribution in [1.29, 1.82) is 0 Å². The average Bonchev–Trinajstić information content (AvgIpc) is 2.49. The molecule has 0 atom stereocenters. The van der Waals surface area contributed by atoms with Gasteiger partial charge in [0.2, 0.25) is 11.7 Å². The minimum Gasteiger partial charge on any atom is -0.493 e. The van der Waals surface area contributed by atoms with Gasteiger partial charge in [-0.2, -0.15) is 11.8 Å². The van der Waals surface area contributed by atoms with Gasteiger partial charge in [0, 0.05) is 18.7 Å². The van der Waals surface area contributed by atoms with E-state index in [2.05, 4.69) is 5.32 Å². The molecule has 0 spiro atoms. The van der Waals surface area contributed by atoms with Crippen LogP contribution in [0.4, 0.5) is 0 Å². The summed E-state index contributed by atoms with van der Waals surface area (Å²) in [6.45, 7) is 0.434. The Morgan fingerprint density at radius 2 is 1.75 bits per heavy atom. The highest BCUT2D eigenvalue weighted by Crippen LogP contribution is 2.38. The molecule has 0 aliphatic heterocycles. The molecular weight excluding hydrogens is 278 g/mol. The summed E-state index contributed by atoms with van der Waals surface area (Å²) < 4.78 is 15.8. The van der Waals surface area contributed by atoms with Gasteiger partial charge in [-0.05, 0) is 24.0 Å². The normalized spacial score (nSPS) is 10.0. The number of carbonyl (C=O) groups is 1. The van der Waals surface area contributed by atoms with Gasteiger partial charge >= 0.3 is 0 Å². The Bertz CT molecular complexity index is 426. The zero-order valence-electron chi connectivity index (χ0n) is 12.3. The van der Waals surface area contributed by atoms with Gasteiger partial charge in [0.05, 0.1) is 21.3 Å². The lowest BCUT2D eigenvalue weighted by atomic mass is 10.1. The van der Waals surface area contributed by atoms with Gasteiger partial charge in [0.1, 0.15) is 0 Å². The van der Waals surface area contributed by atoms with E-state index in [9.17, 15) is 4.79 Å². The van der Waals surface area contributed by atoms with E-state index in [1.54, 1.807) is 33.1 Å². The van der Waals surface area contributed by atoms with Crippen molar-refractivity contribution in [3.05, 3.63) is 17.7 Å². The van der Waals surface area contributed by atoms with Crippen molar-refractivity contribution in [3.63, 3.8) is 0 Å². The second kappa shape index (κ2) is 8.58. The number of rotatable bonds is 8. The molecule has 1 N–H and O–H groups in total. The highest BCUT2D eigenvalue weighted by atomic mass is 32.2. The molecule has 5 nitrogen and oxygen atoms in total. The Balaban J connectivity index is 2.78. The smallest absolute Gasteiger partial charge is 0.221 e. The first-order valence-electron chi connectivity index (χ1n) is 6.20. The highest BCUT2D eigenvalue weighted by Gasteiger charge is 2.13. The lowest BCUT2D eigenvalue weighted by molar-refractivity contribution is -0.120. The summed E-state index contributed by atoms with van der Waals surface area (Å²) in [5, 5.41) is 2.87. The molecule has 112 valence electrons. The minimum atomic E-state index is 0.0353. The van der Waals surface area contributed by atoms with Crippen LogP contribution in [0.3, 0.4) is 0 Å². The molecule has 0 radical (unpaired) electrons. The van der Waals surface area contributed by atoms with Gasteiger partial charge in [-0.1, -0.05) is 0 Å². The summed E-state index contributed by atoms with van der Waals surface area (Å²) >= 11 is 1.65. The van der Waals surface area contributed by atoms with Gasteiger partial charge in [-0.15, -0.1) is 0 Å². The molecule has 0 aromatic heterocycles. The van der Waals surface area contributed by atoms with Crippen LogP contribution in [0.25, 0.3) is 0 Å². The van der Waals surface area contributed by atoms with E-state index < -0.39 is 0 Å². The van der Waals surface area contributed by atoms with Crippen LogP contribution in [0.5, 0.6) is 17.2 Å². The lowest BCUT2D eigenvalue weighted by Gasteiger charge is -2.14. The van der Waals surface area contributed by atoms with Crippen molar-refractivity contribution in [2.24, 2.45) is 0 Å². The maximum Gasteiger partial charge on any atom is 0.221 e. The van der Waals surface area contributed by atoms with Gasteiger partial charge in [0.25, 0.3) is 0 Å². The first-order chi connectivity index (χ1) is 9.65. The second-order valence-corrected chi connectivity index (χ2v) is 5.04. The summed E-state index contributed by atoms with van der Waals surface area (Å²) in [6.07, 6.45) is 2.50. The summed E-state index contributed by atoms with van der Waals surface area (Å²) in [5.74, 6) is 2.57. The van der Waals surface area contributed by atoms with E-state index in [4.69, 9.17) is 14.2 Å². The number of methoxy groups -OCH3 is 3. The Kier molecular flexibility index (Phi) is 7.08. The van der Waals surface area contributed by atoms with Gasteiger partial charge in [0.15, 0.2) is 11.5 Å². The van der Waals surface area contributed by atoms with Crippen molar-refractivity contribution in [2.75, 3.05) is 33.3 Å². The van der Waals surface area contributed by atoms with E-state index in [-0.39, 0.29) is 5.91 Å². The molecule has 0 heterocycles. The van der Waals surface area contributed by atoms with Crippen LogP contribution in [0.2, 0.25) is 0 Å². The Morgan fingerprint density at radius 3 is 2.20 bits per heavy atom. The van der Waals surface area contributed by atoms with Crippen LogP contribution in [-0.4, -0.2) is 39.2 Å². The number of thioether (sulfide) groups is 1. The zero-order valence-corrected chi connectivity index (χ0v) is 13.1. The van der Waals surface area contributed by atoms with E-state index in [1.165, 1.54) is 0 Å². The number of nitrogens with one attached hydrogen (secondary N) is 1. The number of amides is 1. The lowest BCUT2D eigenvalue weighted by Crippen LogP contribution is -2.23.